The van der Waals surface area contributed by atoms with Crippen LogP contribution in [-0.4, -0.2) is 23.5 Å². The summed E-state index contributed by atoms with van der Waals surface area (Å²) in [5, 5.41) is 8.13. The van der Waals surface area contributed by atoms with Crippen LogP contribution in [0.1, 0.15) is 90.9 Å². The topological polar surface area (TPSA) is 135 Å². The minimum absolute atomic E-state index is 0.615. The molecular formula is C18H36N6O2. The fourth-order valence-corrected chi connectivity index (χ4v) is 2.68. The number of hydrazone groups is 2. The summed E-state index contributed by atoms with van der Waals surface area (Å²) in [6.45, 7) is 4.18. The van der Waals surface area contributed by atoms with E-state index in [1.54, 1.807) is 0 Å². The molecule has 0 rings (SSSR count). The van der Waals surface area contributed by atoms with Crippen molar-refractivity contribution in [1.29, 1.82) is 0 Å². The number of urea groups is 2. The third-order valence-corrected chi connectivity index (χ3v) is 3.91. The van der Waals surface area contributed by atoms with E-state index in [2.05, 4.69) is 34.9 Å². The molecule has 0 aromatic heterocycles. The van der Waals surface area contributed by atoms with E-state index >= 15 is 0 Å². The Morgan fingerprint density at radius 3 is 1.31 bits per heavy atom. The first-order valence-corrected chi connectivity index (χ1v) is 9.71. The Kier molecular flexibility index (Phi) is 15.0. The smallest absolute Gasteiger partial charge is 0.332 e. The van der Waals surface area contributed by atoms with Crippen molar-refractivity contribution in [3.63, 3.8) is 0 Å². The molecule has 0 aliphatic heterocycles. The van der Waals surface area contributed by atoms with Crippen molar-refractivity contribution in [3.8, 4) is 0 Å². The SMILES string of the molecule is CCC/C(CCCCCCCC/C(CCC)=N/NC(N)=O)=N/NC(N)=O. The zero-order valence-corrected chi connectivity index (χ0v) is 16.4. The second kappa shape index (κ2) is 16.4. The van der Waals surface area contributed by atoms with E-state index in [0.717, 1.165) is 75.6 Å². The summed E-state index contributed by atoms with van der Waals surface area (Å²) >= 11 is 0. The van der Waals surface area contributed by atoms with Crippen LogP contribution in [0.3, 0.4) is 0 Å². The summed E-state index contributed by atoms with van der Waals surface area (Å²) in [5.74, 6) is 0. The third-order valence-electron chi connectivity index (χ3n) is 3.91. The van der Waals surface area contributed by atoms with E-state index in [0.29, 0.717) is 0 Å². The normalized spacial score (nSPS) is 12.1. The Morgan fingerprint density at radius 1 is 0.654 bits per heavy atom. The van der Waals surface area contributed by atoms with Gasteiger partial charge in [0.25, 0.3) is 0 Å². The first kappa shape index (κ1) is 23.9. The van der Waals surface area contributed by atoms with Gasteiger partial charge in [0.2, 0.25) is 0 Å². The minimum atomic E-state index is -0.615. The van der Waals surface area contributed by atoms with Crippen LogP contribution < -0.4 is 22.3 Å². The van der Waals surface area contributed by atoms with E-state index in [1.165, 1.54) is 12.8 Å². The van der Waals surface area contributed by atoms with E-state index in [1.807, 2.05) is 0 Å². The van der Waals surface area contributed by atoms with Gasteiger partial charge in [-0.1, -0.05) is 52.4 Å². The number of hydrogen-bond donors (Lipinski definition) is 4. The Labute approximate surface area is 157 Å². The molecule has 0 saturated carbocycles. The number of hydrogen-bond acceptors (Lipinski definition) is 4. The zero-order valence-electron chi connectivity index (χ0n) is 16.4. The Bertz CT molecular complexity index is 421. The van der Waals surface area contributed by atoms with Crippen LogP contribution in [0, 0.1) is 0 Å². The number of nitrogens with one attached hydrogen (secondary N) is 2. The highest BCUT2D eigenvalue weighted by Gasteiger charge is 2.02. The molecule has 0 aromatic carbocycles. The first-order chi connectivity index (χ1) is 12.5. The number of primary amides is 2. The molecule has 0 atom stereocenters. The van der Waals surface area contributed by atoms with Crippen molar-refractivity contribution in [2.75, 3.05) is 0 Å². The highest BCUT2D eigenvalue weighted by Crippen LogP contribution is 2.12. The van der Waals surface area contributed by atoms with Crippen LogP contribution in [0.15, 0.2) is 10.2 Å². The van der Waals surface area contributed by atoms with Crippen LogP contribution in [-0.2, 0) is 0 Å². The number of nitrogens with zero attached hydrogens (tertiary/aromatic N) is 2. The highest BCUT2D eigenvalue weighted by atomic mass is 16.2. The lowest BCUT2D eigenvalue weighted by Gasteiger charge is -2.07. The molecule has 6 N–H and O–H groups in total. The predicted octanol–water partition coefficient (Wildman–Crippen LogP) is 3.76. The van der Waals surface area contributed by atoms with Crippen molar-refractivity contribution < 1.29 is 9.59 Å². The van der Waals surface area contributed by atoms with Crippen LogP contribution in [0.2, 0.25) is 0 Å². The van der Waals surface area contributed by atoms with Crippen molar-refractivity contribution in [1.82, 2.24) is 10.9 Å². The average molecular weight is 369 g/mol. The number of nitrogens with two attached hydrogens (primary N) is 2. The summed E-state index contributed by atoms with van der Waals surface area (Å²) in [6.07, 6.45) is 12.4. The van der Waals surface area contributed by atoms with Gasteiger partial charge in [0.05, 0.1) is 0 Å². The highest BCUT2D eigenvalue weighted by molar-refractivity contribution is 5.86. The lowest BCUT2D eigenvalue weighted by Crippen LogP contribution is -2.25. The minimum Gasteiger partial charge on any atom is -0.350 e. The van der Waals surface area contributed by atoms with Gasteiger partial charge in [0.15, 0.2) is 0 Å². The molecule has 0 heterocycles. The van der Waals surface area contributed by atoms with Crippen molar-refractivity contribution >= 4 is 23.5 Å². The van der Waals surface area contributed by atoms with Gasteiger partial charge in [-0.25, -0.2) is 20.4 Å². The maximum atomic E-state index is 10.7. The molecule has 150 valence electrons. The van der Waals surface area contributed by atoms with Gasteiger partial charge < -0.3 is 11.5 Å². The Morgan fingerprint density at radius 2 is 1.00 bits per heavy atom. The molecule has 26 heavy (non-hydrogen) atoms. The van der Waals surface area contributed by atoms with Gasteiger partial charge in [0, 0.05) is 11.4 Å². The quantitative estimate of drug-likeness (QED) is 0.199. The van der Waals surface area contributed by atoms with E-state index in [9.17, 15) is 9.59 Å². The second-order valence-corrected chi connectivity index (χ2v) is 6.43. The maximum Gasteiger partial charge on any atom is 0.332 e. The lowest BCUT2D eigenvalue weighted by atomic mass is 10.0. The first-order valence-electron chi connectivity index (χ1n) is 9.71. The fraction of sp³-hybridized carbons (Fsp3) is 0.778. The molecule has 0 unspecified atom stereocenters. The van der Waals surface area contributed by atoms with E-state index in [-0.39, 0.29) is 0 Å². The van der Waals surface area contributed by atoms with Crippen LogP contribution in [0.25, 0.3) is 0 Å². The molecule has 8 nitrogen and oxygen atoms in total. The number of carbonyl (C=O) groups excluding carboxylic acids is 2. The number of rotatable bonds is 15. The van der Waals surface area contributed by atoms with Crippen molar-refractivity contribution in [2.45, 2.75) is 90.9 Å². The Balaban J connectivity index is 3.84. The van der Waals surface area contributed by atoms with Gasteiger partial charge in [0.1, 0.15) is 0 Å². The molecule has 0 aliphatic carbocycles. The molecular weight excluding hydrogens is 332 g/mol. The van der Waals surface area contributed by atoms with E-state index in [4.69, 9.17) is 11.5 Å². The maximum absolute atomic E-state index is 10.7. The summed E-state index contributed by atoms with van der Waals surface area (Å²) in [6, 6.07) is -1.23. The van der Waals surface area contributed by atoms with Crippen LogP contribution in [0.4, 0.5) is 9.59 Å². The van der Waals surface area contributed by atoms with Gasteiger partial charge >= 0.3 is 12.1 Å². The Hall–Kier alpha value is -2.12. The van der Waals surface area contributed by atoms with Crippen LogP contribution >= 0.6 is 0 Å². The molecule has 4 amide bonds. The second-order valence-electron chi connectivity index (χ2n) is 6.43. The largest absolute Gasteiger partial charge is 0.350 e. The third kappa shape index (κ3) is 15.4. The summed E-state index contributed by atoms with van der Waals surface area (Å²) < 4.78 is 0. The van der Waals surface area contributed by atoms with Gasteiger partial charge in [-0.05, 0) is 38.5 Å². The molecule has 8 heteroatoms. The monoisotopic (exact) mass is 368 g/mol. The van der Waals surface area contributed by atoms with Crippen molar-refractivity contribution in [3.05, 3.63) is 0 Å². The summed E-state index contributed by atoms with van der Waals surface area (Å²) in [4.78, 5) is 21.4. The number of carbonyl (C=O) groups is 2. The standard InChI is InChI=1S/C18H36N6O2/c1-3-11-15(21-23-17(19)25)13-9-7-5-6-8-10-14-16(12-4-2)22-24-18(20)26/h3-14H2,1-2H3,(H3,19,23,25)(H3,20,24,26)/b21-15-,22-16+. The average Bonchev–Trinajstić information content (AvgIpc) is 2.59. The zero-order chi connectivity index (χ0) is 19.6. The van der Waals surface area contributed by atoms with Gasteiger partial charge in [-0.2, -0.15) is 10.2 Å². The lowest BCUT2D eigenvalue weighted by molar-refractivity contribution is 0.248. The molecule has 0 bridgehead atoms. The number of amides is 4. The summed E-state index contributed by atoms with van der Waals surface area (Å²) in [7, 11) is 0. The predicted molar refractivity (Wildman–Crippen MR) is 107 cm³/mol. The van der Waals surface area contributed by atoms with Gasteiger partial charge in [-0.15, -0.1) is 0 Å². The molecule has 0 fully saturated rings. The molecule has 0 aromatic rings. The molecule has 0 aliphatic rings. The van der Waals surface area contributed by atoms with Crippen LogP contribution in [0.5, 0.6) is 0 Å². The molecule has 0 radical (unpaired) electrons. The van der Waals surface area contributed by atoms with Gasteiger partial charge in [-0.3, -0.25) is 0 Å². The fourth-order valence-electron chi connectivity index (χ4n) is 2.68. The molecule has 0 saturated heterocycles. The summed E-state index contributed by atoms with van der Waals surface area (Å²) in [5.41, 5.74) is 16.7. The van der Waals surface area contributed by atoms with Crippen molar-refractivity contribution in [2.24, 2.45) is 21.7 Å². The molecule has 0 spiro atoms. The number of unbranched alkanes of at least 4 members (excludes halogenated alkanes) is 5. The van der Waals surface area contributed by atoms with E-state index < -0.39 is 12.1 Å².